The largest absolute Gasteiger partial charge is 0.469 e. The van der Waals surface area contributed by atoms with Gasteiger partial charge in [0.05, 0.1) is 9.85 Å². The van der Waals surface area contributed by atoms with Crippen LogP contribution in [-0.2, 0) is 9.53 Å². The molecule has 0 unspecified atom stereocenters. The summed E-state index contributed by atoms with van der Waals surface area (Å²) in [4.78, 5) is 10.9. The van der Waals surface area contributed by atoms with Crippen molar-refractivity contribution in [3.05, 3.63) is 48.6 Å². The summed E-state index contributed by atoms with van der Waals surface area (Å²) in [6.07, 6.45) is 20.6. The molecular weight excluding hydrogens is 284 g/mol. The van der Waals surface area contributed by atoms with Crippen LogP contribution in [0.25, 0.3) is 0 Å². The summed E-state index contributed by atoms with van der Waals surface area (Å²) >= 11 is 0. The Kier molecular flexibility index (Phi) is 14.3. The minimum absolute atomic E-state index is 0.172. The first-order valence-electron chi connectivity index (χ1n) is 9.78. The predicted molar refractivity (Wildman–Crippen MR) is 100 cm³/mol. The molecule has 0 fully saturated rings. The number of esters is 1. The van der Waals surface area contributed by atoms with E-state index in [0.717, 1.165) is 44.6 Å². The number of allylic oxidation sites excluding steroid dienone is 8. The van der Waals surface area contributed by atoms with Gasteiger partial charge in [0, 0.05) is 6.42 Å². The first-order chi connectivity index (χ1) is 12.1. The Morgan fingerprint density at radius 2 is 1.74 bits per heavy atom. The van der Waals surface area contributed by atoms with Gasteiger partial charge in [-0.15, -0.1) is 0 Å². The fourth-order valence-corrected chi connectivity index (χ4v) is 1.89. The van der Waals surface area contributed by atoms with Gasteiger partial charge in [0.25, 0.3) is 0 Å². The van der Waals surface area contributed by atoms with Crippen LogP contribution in [0.15, 0.2) is 48.6 Å². The summed E-state index contributed by atoms with van der Waals surface area (Å²) < 4.78 is 20.2. The molecule has 0 radical (unpaired) electrons. The molecule has 0 aliphatic heterocycles. The summed E-state index contributed by atoms with van der Waals surface area (Å²) in [7, 11) is 1.40. The number of rotatable bonds is 14. The maximum Gasteiger partial charge on any atom is 0.305 e. The highest BCUT2D eigenvalue weighted by molar-refractivity contribution is 5.69. The number of methoxy groups -OCH3 is 1. The lowest BCUT2D eigenvalue weighted by Gasteiger charge is -1.95. The Morgan fingerprint density at radius 3 is 2.48 bits per heavy atom. The van der Waals surface area contributed by atoms with Gasteiger partial charge in [-0.2, -0.15) is 0 Å². The van der Waals surface area contributed by atoms with Crippen molar-refractivity contribution in [3.8, 4) is 0 Å². The van der Waals surface area contributed by atoms with Gasteiger partial charge in [0.15, 0.2) is 0 Å². The average molecular weight is 322 g/mol. The van der Waals surface area contributed by atoms with Crippen molar-refractivity contribution in [1.82, 2.24) is 0 Å². The Labute approximate surface area is 145 Å². The van der Waals surface area contributed by atoms with E-state index in [1.54, 1.807) is 0 Å². The van der Waals surface area contributed by atoms with E-state index in [9.17, 15) is 4.79 Å². The van der Waals surface area contributed by atoms with E-state index in [4.69, 9.17) is 2.74 Å². The molecule has 0 spiro atoms. The molecular formula is C21H34O2. The highest BCUT2D eigenvalue weighted by Gasteiger charge is 1.96. The number of ether oxygens (including phenoxy) is 1. The molecule has 0 heterocycles. The molecule has 0 aliphatic carbocycles. The quantitative estimate of drug-likeness (QED) is 0.213. The van der Waals surface area contributed by atoms with Crippen LogP contribution in [0.1, 0.15) is 73.9 Å². The summed E-state index contributed by atoms with van der Waals surface area (Å²) in [6, 6.07) is 1.33. The van der Waals surface area contributed by atoms with Gasteiger partial charge in [0.1, 0.15) is 0 Å². The number of hydrogen-bond donors (Lipinski definition) is 0. The SMILES string of the molecule is [2H]/C(=C/C/C=C\C/C=C(/[3H])C/C=C\CCCC(=O)OC)CCCCC. The Morgan fingerprint density at radius 1 is 1.00 bits per heavy atom. The molecule has 2 nitrogen and oxygen atoms in total. The van der Waals surface area contributed by atoms with Crippen LogP contribution in [0.4, 0.5) is 0 Å². The number of carbonyl (C=O) groups excluding carboxylic acids is 1. The van der Waals surface area contributed by atoms with Crippen LogP contribution in [-0.4, -0.2) is 13.1 Å². The molecule has 0 aromatic rings. The van der Waals surface area contributed by atoms with E-state index in [1.807, 2.05) is 30.4 Å². The topological polar surface area (TPSA) is 26.3 Å². The molecule has 0 atom stereocenters. The lowest BCUT2D eigenvalue weighted by Crippen LogP contribution is -1.98. The van der Waals surface area contributed by atoms with Crippen LogP contribution in [0, 0.1) is 0 Å². The second-order valence-electron chi connectivity index (χ2n) is 5.36. The summed E-state index contributed by atoms with van der Waals surface area (Å²) in [5, 5.41) is 0. The van der Waals surface area contributed by atoms with Gasteiger partial charge in [0.2, 0.25) is 0 Å². The third kappa shape index (κ3) is 18.4. The summed E-state index contributed by atoms with van der Waals surface area (Å²) in [5.41, 5.74) is 0. The van der Waals surface area contributed by atoms with Gasteiger partial charge >= 0.3 is 5.97 Å². The van der Waals surface area contributed by atoms with Crippen LogP contribution < -0.4 is 0 Å². The molecule has 0 bridgehead atoms. The maximum atomic E-state index is 10.9. The highest BCUT2D eigenvalue weighted by Crippen LogP contribution is 2.01. The zero-order chi connectivity index (χ0) is 18.8. The molecule has 23 heavy (non-hydrogen) atoms. The van der Waals surface area contributed by atoms with E-state index >= 15 is 0 Å². The standard InChI is InChI=1S/C21H34O2/c1-3-4-5-6-7-8-9-10-11-12-13-14-15-16-17-18-19-20-21(22)23-2/h7-8,10-11,13-14,16-17H,3-6,9,12,15,18-20H2,1-2H3/b8-7-,11-10-,14-13-,17-16-/i7D,14T. The summed E-state index contributed by atoms with van der Waals surface area (Å²) in [5.74, 6) is -0.172. The second kappa shape index (κ2) is 18.5. The van der Waals surface area contributed by atoms with Crippen molar-refractivity contribution in [2.24, 2.45) is 0 Å². The molecule has 2 heteroatoms. The van der Waals surface area contributed by atoms with Gasteiger partial charge < -0.3 is 4.74 Å². The molecule has 130 valence electrons. The van der Waals surface area contributed by atoms with Gasteiger partial charge in [-0.25, -0.2) is 0 Å². The van der Waals surface area contributed by atoms with Gasteiger partial charge in [-0.05, 0) is 44.9 Å². The molecule has 0 saturated heterocycles. The molecule has 0 saturated carbocycles. The minimum Gasteiger partial charge on any atom is -0.469 e. The third-order valence-corrected chi connectivity index (χ3v) is 3.27. The fraction of sp³-hybridized carbons (Fsp3) is 0.571. The van der Waals surface area contributed by atoms with E-state index in [0.29, 0.717) is 18.9 Å². The predicted octanol–water partition coefficient (Wildman–Crippen LogP) is 6.31. The highest BCUT2D eigenvalue weighted by atomic mass is 16.5. The van der Waals surface area contributed by atoms with E-state index < -0.39 is 0 Å². The smallest absolute Gasteiger partial charge is 0.305 e. The van der Waals surface area contributed by atoms with Crippen molar-refractivity contribution in [2.75, 3.05) is 7.11 Å². The third-order valence-electron chi connectivity index (χ3n) is 3.27. The Hall–Kier alpha value is -1.57. The van der Waals surface area contributed by atoms with E-state index in [1.165, 1.54) is 20.0 Å². The molecule has 0 N–H and O–H groups in total. The number of unbranched alkanes of at least 4 members (excludes halogenated alkanes) is 3. The first-order valence-corrected chi connectivity index (χ1v) is 8.78. The zero-order valence-electron chi connectivity index (χ0n) is 16.9. The van der Waals surface area contributed by atoms with E-state index in [-0.39, 0.29) is 5.97 Å². The van der Waals surface area contributed by atoms with Crippen molar-refractivity contribution in [3.63, 3.8) is 0 Å². The first kappa shape index (κ1) is 17.8. The average Bonchev–Trinajstić information content (AvgIpc) is 2.60. The fourth-order valence-electron chi connectivity index (χ4n) is 1.89. The zero-order valence-corrected chi connectivity index (χ0v) is 14.9. The maximum absolute atomic E-state index is 10.9. The normalized spacial score (nSPS) is 14.3. The second-order valence-corrected chi connectivity index (χ2v) is 5.36. The van der Waals surface area contributed by atoms with Crippen molar-refractivity contribution in [1.29, 1.82) is 0 Å². The van der Waals surface area contributed by atoms with Gasteiger partial charge in [-0.3, -0.25) is 4.79 Å². The molecule has 0 aliphatic rings. The van der Waals surface area contributed by atoms with Crippen LogP contribution in [0.5, 0.6) is 0 Å². The van der Waals surface area contributed by atoms with Crippen LogP contribution >= 0.6 is 0 Å². The lowest BCUT2D eigenvalue weighted by atomic mass is 10.2. The lowest BCUT2D eigenvalue weighted by molar-refractivity contribution is -0.140. The van der Waals surface area contributed by atoms with Crippen molar-refractivity contribution in [2.45, 2.75) is 71.1 Å². The number of hydrogen-bond acceptors (Lipinski definition) is 2. The molecule has 0 rings (SSSR count). The van der Waals surface area contributed by atoms with E-state index in [2.05, 4.69) is 17.7 Å². The van der Waals surface area contributed by atoms with Gasteiger partial charge in [-0.1, -0.05) is 68.3 Å². The van der Waals surface area contributed by atoms with Crippen LogP contribution in [0.3, 0.4) is 0 Å². The molecule has 0 aromatic heterocycles. The number of carbonyl (C=O) groups is 1. The summed E-state index contributed by atoms with van der Waals surface area (Å²) in [6.45, 7) is 2.17. The van der Waals surface area contributed by atoms with Crippen molar-refractivity contribution >= 4 is 5.97 Å². The molecule has 0 amide bonds. The minimum atomic E-state index is -0.172. The Balaban J connectivity index is 3.79. The monoisotopic (exact) mass is 321 g/mol. The van der Waals surface area contributed by atoms with Crippen molar-refractivity contribution < 1.29 is 12.3 Å². The Bertz CT molecular complexity index is 463. The molecule has 0 aromatic carbocycles. The van der Waals surface area contributed by atoms with Crippen LogP contribution in [0.2, 0.25) is 0 Å².